The zero-order valence-electron chi connectivity index (χ0n) is 14.1. The van der Waals surface area contributed by atoms with Crippen molar-refractivity contribution >= 4 is 48.5 Å². The summed E-state index contributed by atoms with van der Waals surface area (Å²) in [4.78, 5) is 16.6. The van der Waals surface area contributed by atoms with Crippen molar-refractivity contribution in [1.29, 1.82) is 0 Å². The second-order valence-corrected chi connectivity index (χ2v) is 7.80. The molecule has 0 bridgehead atoms. The average molecular weight is 419 g/mol. The van der Waals surface area contributed by atoms with Gasteiger partial charge in [-0.15, -0.1) is 0 Å². The van der Waals surface area contributed by atoms with Gasteiger partial charge in [0.2, 0.25) is 0 Å². The molecule has 1 heterocycles. The molecule has 1 atom stereocenters. The first-order valence-electron chi connectivity index (χ1n) is 8.14. The topological polar surface area (TPSA) is 51.2 Å². The fourth-order valence-electron chi connectivity index (χ4n) is 2.40. The molecule has 0 aliphatic heterocycles. The lowest BCUT2D eigenvalue weighted by Gasteiger charge is -2.07. The summed E-state index contributed by atoms with van der Waals surface area (Å²) in [6.45, 7) is 4.34. The minimum atomic E-state index is -0.221. The second kappa shape index (κ2) is 7.97. The first-order valence-corrected chi connectivity index (χ1v) is 9.75. The summed E-state index contributed by atoms with van der Waals surface area (Å²) in [5.41, 5.74) is 2.20. The molecule has 4 nitrogen and oxygen atoms in total. The SMILES string of the molecule is CCC(C)c1ccc2nc(NC(=O)COc3cccc(Br)c3)sc2c1. The minimum absolute atomic E-state index is 0.0511. The van der Waals surface area contributed by atoms with Gasteiger partial charge in [0.1, 0.15) is 5.75 Å². The van der Waals surface area contributed by atoms with Crippen LogP contribution < -0.4 is 10.1 Å². The second-order valence-electron chi connectivity index (χ2n) is 5.85. The number of hydrogen-bond donors (Lipinski definition) is 1. The summed E-state index contributed by atoms with van der Waals surface area (Å²) in [6.07, 6.45) is 1.10. The van der Waals surface area contributed by atoms with Gasteiger partial charge in [-0.25, -0.2) is 4.98 Å². The number of anilines is 1. The number of rotatable bonds is 6. The third kappa shape index (κ3) is 4.58. The Morgan fingerprint density at radius 2 is 2.16 bits per heavy atom. The smallest absolute Gasteiger partial charge is 0.264 e. The highest BCUT2D eigenvalue weighted by molar-refractivity contribution is 9.10. The number of thiazole rings is 1. The molecule has 6 heteroatoms. The van der Waals surface area contributed by atoms with E-state index in [0.29, 0.717) is 16.8 Å². The van der Waals surface area contributed by atoms with E-state index in [1.165, 1.54) is 16.9 Å². The molecule has 3 aromatic rings. The highest BCUT2D eigenvalue weighted by atomic mass is 79.9. The molecule has 0 radical (unpaired) electrons. The molecule has 0 fully saturated rings. The van der Waals surface area contributed by atoms with Gasteiger partial charge in [-0.1, -0.05) is 53.2 Å². The molecule has 1 amide bonds. The van der Waals surface area contributed by atoms with Crippen molar-refractivity contribution in [2.75, 3.05) is 11.9 Å². The summed E-state index contributed by atoms with van der Waals surface area (Å²) in [5, 5.41) is 3.41. The molecule has 0 aliphatic rings. The Bertz CT molecular complexity index is 894. The van der Waals surface area contributed by atoms with Crippen molar-refractivity contribution in [3.8, 4) is 5.75 Å². The molecule has 1 aromatic heterocycles. The van der Waals surface area contributed by atoms with Gasteiger partial charge in [-0.2, -0.15) is 0 Å². The van der Waals surface area contributed by atoms with Crippen LogP contribution in [0.25, 0.3) is 10.2 Å². The van der Waals surface area contributed by atoms with Crippen LogP contribution in [0.1, 0.15) is 31.7 Å². The fourth-order valence-corrected chi connectivity index (χ4v) is 3.71. The largest absolute Gasteiger partial charge is 0.484 e. The molecule has 0 aliphatic carbocycles. The van der Waals surface area contributed by atoms with Gasteiger partial charge in [-0.05, 0) is 48.2 Å². The van der Waals surface area contributed by atoms with Crippen molar-refractivity contribution in [3.05, 3.63) is 52.5 Å². The molecule has 2 aromatic carbocycles. The number of amides is 1. The average Bonchev–Trinajstić information content (AvgIpc) is 3.00. The number of fused-ring (bicyclic) bond motifs is 1. The molecular weight excluding hydrogens is 400 g/mol. The van der Waals surface area contributed by atoms with Crippen LogP contribution in [0.15, 0.2) is 46.9 Å². The van der Waals surface area contributed by atoms with Crippen LogP contribution in [-0.4, -0.2) is 17.5 Å². The maximum atomic E-state index is 12.1. The molecule has 0 spiro atoms. The lowest BCUT2D eigenvalue weighted by molar-refractivity contribution is -0.118. The molecule has 1 unspecified atom stereocenters. The van der Waals surface area contributed by atoms with Crippen molar-refractivity contribution in [3.63, 3.8) is 0 Å². The number of nitrogens with one attached hydrogen (secondary N) is 1. The van der Waals surface area contributed by atoms with Crippen molar-refractivity contribution in [2.45, 2.75) is 26.2 Å². The third-order valence-electron chi connectivity index (χ3n) is 4.01. The molecule has 1 N–H and O–H groups in total. The summed E-state index contributed by atoms with van der Waals surface area (Å²) in [5.74, 6) is 0.941. The van der Waals surface area contributed by atoms with E-state index < -0.39 is 0 Å². The highest BCUT2D eigenvalue weighted by Gasteiger charge is 2.11. The van der Waals surface area contributed by atoms with Crippen LogP contribution in [0.5, 0.6) is 5.75 Å². The molecular formula is C19H19BrN2O2S. The van der Waals surface area contributed by atoms with E-state index in [-0.39, 0.29) is 12.5 Å². The number of halogens is 1. The van der Waals surface area contributed by atoms with Gasteiger partial charge in [0, 0.05) is 4.47 Å². The Morgan fingerprint density at radius 3 is 2.92 bits per heavy atom. The van der Waals surface area contributed by atoms with Gasteiger partial charge in [0.05, 0.1) is 10.2 Å². The number of carbonyl (C=O) groups is 1. The third-order valence-corrected chi connectivity index (χ3v) is 5.43. The Hall–Kier alpha value is -1.92. The van der Waals surface area contributed by atoms with Crippen molar-refractivity contribution < 1.29 is 9.53 Å². The minimum Gasteiger partial charge on any atom is -0.484 e. The van der Waals surface area contributed by atoms with E-state index in [9.17, 15) is 4.79 Å². The number of nitrogens with zero attached hydrogens (tertiary/aromatic N) is 1. The summed E-state index contributed by atoms with van der Waals surface area (Å²) < 4.78 is 7.49. The number of ether oxygens (including phenoxy) is 1. The Labute approximate surface area is 159 Å². The number of benzene rings is 2. The van der Waals surface area contributed by atoms with Gasteiger partial charge in [-0.3, -0.25) is 10.1 Å². The predicted molar refractivity (Wildman–Crippen MR) is 107 cm³/mol. The van der Waals surface area contributed by atoms with E-state index in [0.717, 1.165) is 21.1 Å². The zero-order chi connectivity index (χ0) is 17.8. The van der Waals surface area contributed by atoms with Crippen LogP contribution >= 0.6 is 27.3 Å². The predicted octanol–water partition coefficient (Wildman–Crippen LogP) is 5.59. The van der Waals surface area contributed by atoms with Crippen LogP contribution in [0.3, 0.4) is 0 Å². The monoisotopic (exact) mass is 418 g/mol. The van der Waals surface area contributed by atoms with E-state index in [1.54, 1.807) is 0 Å². The zero-order valence-corrected chi connectivity index (χ0v) is 16.5. The van der Waals surface area contributed by atoms with Gasteiger partial charge in [0.15, 0.2) is 11.7 Å². The molecule has 0 saturated heterocycles. The lowest BCUT2D eigenvalue weighted by Crippen LogP contribution is -2.19. The summed E-state index contributed by atoms with van der Waals surface area (Å²) >= 11 is 4.86. The number of hydrogen-bond acceptors (Lipinski definition) is 4. The Balaban J connectivity index is 1.64. The maximum absolute atomic E-state index is 12.1. The van der Waals surface area contributed by atoms with Crippen LogP contribution in [0, 0.1) is 0 Å². The normalized spacial score (nSPS) is 12.1. The van der Waals surface area contributed by atoms with Crippen molar-refractivity contribution in [1.82, 2.24) is 4.98 Å². The van der Waals surface area contributed by atoms with Crippen LogP contribution in [0.2, 0.25) is 0 Å². The molecule has 25 heavy (non-hydrogen) atoms. The lowest BCUT2D eigenvalue weighted by atomic mass is 9.99. The Morgan fingerprint density at radius 1 is 1.32 bits per heavy atom. The van der Waals surface area contributed by atoms with Gasteiger partial charge >= 0.3 is 0 Å². The van der Waals surface area contributed by atoms with E-state index in [1.807, 2.05) is 30.3 Å². The molecule has 3 rings (SSSR count). The molecule has 0 saturated carbocycles. The highest BCUT2D eigenvalue weighted by Crippen LogP contribution is 2.30. The van der Waals surface area contributed by atoms with E-state index >= 15 is 0 Å². The maximum Gasteiger partial charge on any atom is 0.264 e. The van der Waals surface area contributed by atoms with Crippen molar-refractivity contribution in [2.24, 2.45) is 0 Å². The first kappa shape index (κ1) is 17.9. The first-order chi connectivity index (χ1) is 12.0. The quantitative estimate of drug-likeness (QED) is 0.567. The standard InChI is InChI=1S/C19H19BrN2O2S/c1-3-12(2)13-7-8-16-17(9-13)25-19(21-16)22-18(23)11-24-15-6-4-5-14(20)10-15/h4-10,12H,3,11H2,1-2H3,(H,21,22,23). The van der Waals surface area contributed by atoms with Crippen LogP contribution in [-0.2, 0) is 4.79 Å². The number of carbonyl (C=O) groups excluding carboxylic acids is 1. The van der Waals surface area contributed by atoms with Gasteiger partial charge in [0.25, 0.3) is 5.91 Å². The van der Waals surface area contributed by atoms with Gasteiger partial charge < -0.3 is 4.74 Å². The van der Waals surface area contributed by atoms with E-state index in [2.05, 4.69) is 52.2 Å². The van der Waals surface area contributed by atoms with Crippen LogP contribution in [0.4, 0.5) is 5.13 Å². The summed E-state index contributed by atoms with van der Waals surface area (Å²) in [7, 11) is 0. The summed E-state index contributed by atoms with van der Waals surface area (Å²) in [6, 6.07) is 13.7. The molecule has 130 valence electrons. The van der Waals surface area contributed by atoms with E-state index in [4.69, 9.17) is 4.74 Å². The Kier molecular flexibility index (Phi) is 5.71. The fraction of sp³-hybridized carbons (Fsp3) is 0.263. The number of aromatic nitrogens is 1.